The Hall–Kier alpha value is -2.19. The predicted molar refractivity (Wildman–Crippen MR) is 103 cm³/mol. The lowest BCUT2D eigenvalue weighted by atomic mass is 10.2. The van der Waals surface area contributed by atoms with Crippen molar-refractivity contribution in [2.24, 2.45) is 7.05 Å². The van der Waals surface area contributed by atoms with Gasteiger partial charge in [-0.3, -0.25) is 4.79 Å². The number of thiophene rings is 1. The molecule has 0 fully saturated rings. The molecule has 26 heavy (non-hydrogen) atoms. The van der Waals surface area contributed by atoms with Gasteiger partial charge in [-0.05, 0) is 42.6 Å². The molecule has 2 heterocycles. The van der Waals surface area contributed by atoms with Crippen LogP contribution in [0.3, 0.4) is 0 Å². The van der Waals surface area contributed by atoms with E-state index >= 15 is 0 Å². The van der Waals surface area contributed by atoms with Crippen LogP contribution in [0, 0.1) is 5.82 Å². The number of rotatable bonds is 7. The summed E-state index contributed by atoms with van der Waals surface area (Å²) in [6.45, 7) is 3.27. The van der Waals surface area contributed by atoms with Gasteiger partial charge in [0, 0.05) is 24.0 Å². The maximum absolute atomic E-state index is 13.1. The summed E-state index contributed by atoms with van der Waals surface area (Å²) in [5.41, 5.74) is 0.785. The first kappa shape index (κ1) is 18.6. The highest BCUT2D eigenvalue weighted by Gasteiger charge is 2.16. The molecule has 0 spiro atoms. The Morgan fingerprint density at radius 3 is 2.69 bits per heavy atom. The molecular formula is C18H19FN4OS2. The van der Waals surface area contributed by atoms with Crippen molar-refractivity contribution in [2.45, 2.75) is 18.6 Å². The molecular weight excluding hydrogens is 371 g/mol. The summed E-state index contributed by atoms with van der Waals surface area (Å²) in [6, 6.07) is 10.1. The molecule has 5 nitrogen and oxygen atoms in total. The van der Waals surface area contributed by atoms with Crippen LogP contribution in [0.4, 0.5) is 4.39 Å². The Kier molecular flexibility index (Phi) is 6.05. The number of hydrogen-bond acceptors (Lipinski definition) is 5. The Balaban J connectivity index is 1.64. The normalized spacial score (nSPS) is 10.9. The molecule has 2 aromatic heterocycles. The number of aromatic nitrogens is 3. The van der Waals surface area contributed by atoms with Crippen molar-refractivity contribution >= 4 is 29.0 Å². The lowest BCUT2D eigenvalue weighted by molar-refractivity contribution is -0.128. The summed E-state index contributed by atoms with van der Waals surface area (Å²) in [5.74, 6) is 0.721. The van der Waals surface area contributed by atoms with Gasteiger partial charge in [0.25, 0.3) is 0 Å². The van der Waals surface area contributed by atoms with Gasteiger partial charge in [0.2, 0.25) is 5.91 Å². The highest BCUT2D eigenvalue weighted by molar-refractivity contribution is 7.99. The van der Waals surface area contributed by atoms with Crippen LogP contribution in [-0.2, 0) is 18.4 Å². The molecule has 0 bridgehead atoms. The minimum atomic E-state index is -0.290. The number of nitrogens with zero attached hydrogens (tertiary/aromatic N) is 4. The molecule has 0 aliphatic carbocycles. The Labute approximate surface area is 159 Å². The zero-order valence-corrected chi connectivity index (χ0v) is 16.2. The van der Waals surface area contributed by atoms with E-state index in [0.717, 1.165) is 5.56 Å². The molecule has 3 rings (SSSR count). The zero-order valence-electron chi connectivity index (χ0n) is 14.6. The van der Waals surface area contributed by atoms with Gasteiger partial charge in [-0.15, -0.1) is 21.5 Å². The van der Waals surface area contributed by atoms with Crippen LogP contribution in [0.5, 0.6) is 0 Å². The van der Waals surface area contributed by atoms with Crippen LogP contribution in [0.15, 0.2) is 46.9 Å². The molecule has 0 saturated heterocycles. The number of hydrogen-bond donors (Lipinski definition) is 0. The molecule has 0 radical (unpaired) electrons. The molecule has 3 aromatic rings. The highest BCUT2D eigenvalue weighted by Crippen LogP contribution is 2.23. The van der Waals surface area contributed by atoms with E-state index in [0.29, 0.717) is 29.8 Å². The van der Waals surface area contributed by atoms with Crippen LogP contribution >= 0.6 is 23.1 Å². The minimum absolute atomic E-state index is 0.0669. The largest absolute Gasteiger partial charge is 0.337 e. The summed E-state index contributed by atoms with van der Waals surface area (Å²) < 4.78 is 14.9. The third kappa shape index (κ3) is 4.31. The predicted octanol–water partition coefficient (Wildman–Crippen LogP) is 3.82. The van der Waals surface area contributed by atoms with Gasteiger partial charge in [-0.2, -0.15) is 0 Å². The fourth-order valence-electron chi connectivity index (χ4n) is 2.48. The molecule has 0 N–H and O–H groups in total. The molecule has 0 saturated carbocycles. The third-order valence-electron chi connectivity index (χ3n) is 3.92. The zero-order chi connectivity index (χ0) is 18.5. The molecule has 0 aliphatic heterocycles. The van der Waals surface area contributed by atoms with Crippen molar-refractivity contribution < 1.29 is 9.18 Å². The first-order valence-electron chi connectivity index (χ1n) is 8.16. The van der Waals surface area contributed by atoms with Crippen LogP contribution in [0.1, 0.15) is 11.8 Å². The summed E-state index contributed by atoms with van der Waals surface area (Å²) in [6.07, 6.45) is 0. The number of amides is 1. The number of halogens is 1. The number of carbonyl (C=O) groups is 1. The average molecular weight is 391 g/mol. The van der Waals surface area contributed by atoms with Gasteiger partial charge < -0.3 is 9.47 Å². The van der Waals surface area contributed by atoms with Crippen molar-refractivity contribution in [3.8, 4) is 11.4 Å². The second-order valence-electron chi connectivity index (χ2n) is 5.65. The Morgan fingerprint density at radius 1 is 1.27 bits per heavy atom. The van der Waals surface area contributed by atoms with E-state index in [2.05, 4.69) is 10.2 Å². The molecule has 1 amide bonds. The second kappa shape index (κ2) is 8.46. The van der Waals surface area contributed by atoms with Gasteiger partial charge in [-0.1, -0.05) is 17.8 Å². The van der Waals surface area contributed by atoms with Gasteiger partial charge >= 0.3 is 0 Å². The molecule has 8 heteroatoms. The minimum Gasteiger partial charge on any atom is -0.337 e. The van der Waals surface area contributed by atoms with Crippen molar-refractivity contribution in [2.75, 3.05) is 12.3 Å². The summed E-state index contributed by atoms with van der Waals surface area (Å²) in [5, 5.41) is 11.0. The molecule has 0 aliphatic rings. The van der Waals surface area contributed by atoms with Crippen LogP contribution in [-0.4, -0.2) is 37.9 Å². The fraction of sp³-hybridized carbons (Fsp3) is 0.278. The maximum Gasteiger partial charge on any atom is 0.233 e. The van der Waals surface area contributed by atoms with Crippen molar-refractivity contribution in [1.82, 2.24) is 19.7 Å². The maximum atomic E-state index is 13.1. The SMILES string of the molecule is CCN(Cc1cccs1)C(=O)CSc1nnc(-c2ccc(F)cc2)n1C. The average Bonchev–Trinajstić information content (AvgIpc) is 3.28. The second-order valence-corrected chi connectivity index (χ2v) is 7.62. The third-order valence-corrected chi connectivity index (χ3v) is 5.79. The van der Waals surface area contributed by atoms with Gasteiger partial charge in [-0.25, -0.2) is 4.39 Å². The van der Waals surface area contributed by atoms with E-state index < -0.39 is 0 Å². The first-order valence-corrected chi connectivity index (χ1v) is 10.0. The van der Waals surface area contributed by atoms with Crippen LogP contribution in [0.25, 0.3) is 11.4 Å². The van der Waals surface area contributed by atoms with Gasteiger partial charge in [0.15, 0.2) is 11.0 Å². The summed E-state index contributed by atoms with van der Waals surface area (Å²) >= 11 is 3.01. The lowest BCUT2D eigenvalue weighted by Gasteiger charge is -2.19. The number of benzene rings is 1. The standard InChI is InChI=1S/C18H19FN4OS2/c1-3-23(11-15-5-4-10-25-15)16(24)12-26-18-21-20-17(22(18)2)13-6-8-14(19)9-7-13/h4-10H,3,11-12H2,1-2H3. The fourth-order valence-corrected chi connectivity index (χ4v) is 4.01. The quantitative estimate of drug-likeness (QED) is 0.576. The molecule has 136 valence electrons. The summed E-state index contributed by atoms with van der Waals surface area (Å²) in [7, 11) is 1.84. The lowest BCUT2D eigenvalue weighted by Crippen LogP contribution is -2.31. The van der Waals surface area contributed by atoms with E-state index in [9.17, 15) is 9.18 Å². The number of thioether (sulfide) groups is 1. The number of carbonyl (C=O) groups excluding carboxylic acids is 1. The Bertz CT molecular complexity index is 862. The van der Waals surface area contributed by atoms with Crippen molar-refractivity contribution in [3.05, 3.63) is 52.5 Å². The first-order chi connectivity index (χ1) is 12.6. The van der Waals surface area contributed by atoms with Crippen LogP contribution in [0.2, 0.25) is 0 Å². The van der Waals surface area contributed by atoms with E-state index in [1.807, 2.05) is 41.0 Å². The van der Waals surface area contributed by atoms with Gasteiger partial charge in [0.05, 0.1) is 12.3 Å². The highest BCUT2D eigenvalue weighted by atomic mass is 32.2. The monoisotopic (exact) mass is 390 g/mol. The smallest absolute Gasteiger partial charge is 0.233 e. The topological polar surface area (TPSA) is 51.0 Å². The molecule has 1 aromatic carbocycles. The van der Waals surface area contributed by atoms with Crippen LogP contribution < -0.4 is 0 Å². The molecule has 0 atom stereocenters. The van der Waals surface area contributed by atoms with E-state index in [1.54, 1.807) is 23.5 Å². The molecule has 0 unspecified atom stereocenters. The van der Waals surface area contributed by atoms with Crippen molar-refractivity contribution in [1.29, 1.82) is 0 Å². The van der Waals surface area contributed by atoms with Crippen molar-refractivity contribution in [3.63, 3.8) is 0 Å². The van der Waals surface area contributed by atoms with E-state index in [-0.39, 0.29) is 11.7 Å². The van der Waals surface area contributed by atoms with Gasteiger partial charge in [0.1, 0.15) is 5.82 Å². The van der Waals surface area contributed by atoms with E-state index in [4.69, 9.17) is 0 Å². The summed E-state index contributed by atoms with van der Waals surface area (Å²) in [4.78, 5) is 15.5. The van der Waals surface area contributed by atoms with E-state index in [1.165, 1.54) is 28.8 Å². The Morgan fingerprint density at radius 2 is 2.04 bits per heavy atom.